The Kier molecular flexibility index (Phi) is 5.36. The van der Waals surface area contributed by atoms with Crippen LogP contribution in [0.4, 0.5) is 0 Å². The molecule has 0 saturated heterocycles. The molecular weight excluding hydrogens is 336 g/mol. The van der Waals surface area contributed by atoms with Gasteiger partial charge in [-0.25, -0.2) is 0 Å². The van der Waals surface area contributed by atoms with Gasteiger partial charge in [0.15, 0.2) is 0 Å². The zero-order valence-corrected chi connectivity index (χ0v) is 15.0. The van der Waals surface area contributed by atoms with E-state index in [9.17, 15) is 4.79 Å². The van der Waals surface area contributed by atoms with Crippen LogP contribution in [0.25, 0.3) is 10.9 Å². The van der Waals surface area contributed by atoms with Crippen molar-refractivity contribution < 1.29 is 4.79 Å². The third-order valence-corrected chi connectivity index (χ3v) is 4.71. The second-order valence-electron chi connectivity index (χ2n) is 6.06. The first kappa shape index (κ1) is 17.5. The van der Waals surface area contributed by atoms with Gasteiger partial charge in [-0.15, -0.1) is 0 Å². The molecule has 25 heavy (non-hydrogen) atoms. The Balaban J connectivity index is 1.56. The van der Waals surface area contributed by atoms with Gasteiger partial charge in [0.05, 0.1) is 0 Å². The van der Waals surface area contributed by atoms with Crippen molar-refractivity contribution in [3.8, 4) is 0 Å². The fourth-order valence-electron chi connectivity index (χ4n) is 2.78. The number of halogens is 1. The summed E-state index contributed by atoms with van der Waals surface area (Å²) in [6, 6.07) is 11.8. The highest BCUT2D eigenvalue weighted by Crippen LogP contribution is 2.20. The summed E-state index contributed by atoms with van der Waals surface area (Å²) in [6.45, 7) is 3.42. The van der Waals surface area contributed by atoms with Crippen LogP contribution in [0.1, 0.15) is 29.0 Å². The number of nitrogens with zero attached hydrogens (tertiary/aromatic N) is 2. The Labute approximate surface area is 152 Å². The van der Waals surface area contributed by atoms with Crippen LogP contribution in [-0.4, -0.2) is 40.9 Å². The molecule has 2 aromatic heterocycles. The van der Waals surface area contributed by atoms with Crippen molar-refractivity contribution >= 4 is 28.4 Å². The van der Waals surface area contributed by atoms with Gasteiger partial charge >= 0.3 is 0 Å². The van der Waals surface area contributed by atoms with E-state index in [4.69, 9.17) is 11.6 Å². The number of likely N-dealkylation sites (N-methyl/N-ethyl adjacent to an activating group) is 1. The number of fused-ring (bicyclic) bond motifs is 1. The maximum Gasteiger partial charge on any atom is 0.270 e. The quantitative estimate of drug-likeness (QED) is 0.708. The van der Waals surface area contributed by atoms with Crippen LogP contribution in [0.15, 0.2) is 48.8 Å². The van der Waals surface area contributed by atoms with E-state index in [0.717, 1.165) is 22.5 Å². The van der Waals surface area contributed by atoms with E-state index in [1.165, 1.54) is 5.56 Å². The molecule has 3 rings (SSSR count). The first-order chi connectivity index (χ1) is 12.1. The Morgan fingerprint density at radius 3 is 2.80 bits per heavy atom. The number of aromatic amines is 1. The molecular formula is C19H21ClN4O. The van der Waals surface area contributed by atoms with Crippen molar-refractivity contribution in [2.24, 2.45) is 0 Å². The number of hydrogen-bond donors (Lipinski definition) is 2. The molecule has 2 heterocycles. The number of carbonyl (C=O) groups excluding carboxylic acids is 1. The van der Waals surface area contributed by atoms with Gasteiger partial charge in [0, 0.05) is 47.5 Å². The third-order valence-electron chi connectivity index (χ3n) is 4.46. The maximum atomic E-state index is 12.4. The van der Waals surface area contributed by atoms with Crippen LogP contribution in [0.2, 0.25) is 5.02 Å². The zero-order chi connectivity index (χ0) is 17.8. The molecule has 0 radical (unpaired) electrons. The molecule has 0 aliphatic heterocycles. The Bertz CT molecular complexity index is 859. The lowest BCUT2D eigenvalue weighted by atomic mass is 10.1. The summed E-state index contributed by atoms with van der Waals surface area (Å²) in [4.78, 5) is 21.9. The topological polar surface area (TPSA) is 61.0 Å². The molecule has 1 atom stereocenters. The van der Waals surface area contributed by atoms with Crippen molar-refractivity contribution in [3.05, 3.63) is 65.1 Å². The molecule has 1 aromatic carbocycles. The first-order valence-electron chi connectivity index (χ1n) is 8.22. The van der Waals surface area contributed by atoms with Crippen LogP contribution in [0.5, 0.6) is 0 Å². The molecule has 1 unspecified atom stereocenters. The standard InChI is InChI=1S/C19H21ClN4O/c1-13(14-3-5-15(20)6-4-14)24(2)12-11-23-19(25)18-16-7-9-21-17(16)8-10-22-18/h3-10,13,21H,11-12H2,1-2H3,(H,23,25). The lowest BCUT2D eigenvalue weighted by Crippen LogP contribution is -2.34. The summed E-state index contributed by atoms with van der Waals surface area (Å²) in [5, 5.41) is 4.52. The highest BCUT2D eigenvalue weighted by Gasteiger charge is 2.14. The number of H-pyrrole nitrogens is 1. The summed E-state index contributed by atoms with van der Waals surface area (Å²) < 4.78 is 0. The van der Waals surface area contributed by atoms with Crippen molar-refractivity contribution in [2.75, 3.05) is 20.1 Å². The van der Waals surface area contributed by atoms with E-state index in [1.54, 1.807) is 6.20 Å². The van der Waals surface area contributed by atoms with Gasteiger partial charge in [-0.1, -0.05) is 23.7 Å². The molecule has 0 aliphatic rings. The largest absolute Gasteiger partial charge is 0.361 e. The monoisotopic (exact) mass is 356 g/mol. The highest BCUT2D eigenvalue weighted by molar-refractivity contribution is 6.30. The average Bonchev–Trinajstić information content (AvgIpc) is 3.10. The van der Waals surface area contributed by atoms with Crippen molar-refractivity contribution in [2.45, 2.75) is 13.0 Å². The van der Waals surface area contributed by atoms with E-state index in [0.29, 0.717) is 12.2 Å². The molecule has 0 fully saturated rings. The molecule has 0 aliphatic carbocycles. The van der Waals surface area contributed by atoms with Crippen molar-refractivity contribution in [1.29, 1.82) is 0 Å². The maximum absolute atomic E-state index is 12.4. The summed E-state index contributed by atoms with van der Waals surface area (Å²) in [5.74, 6) is -0.155. The van der Waals surface area contributed by atoms with E-state index < -0.39 is 0 Å². The average molecular weight is 357 g/mol. The van der Waals surface area contributed by atoms with Crippen molar-refractivity contribution in [3.63, 3.8) is 0 Å². The third kappa shape index (κ3) is 4.00. The van der Waals surface area contributed by atoms with E-state index in [-0.39, 0.29) is 11.9 Å². The molecule has 130 valence electrons. The fraction of sp³-hybridized carbons (Fsp3) is 0.263. The SMILES string of the molecule is CC(c1ccc(Cl)cc1)N(C)CCNC(=O)c1nccc2[nH]ccc12. The molecule has 6 heteroatoms. The molecule has 0 spiro atoms. The smallest absolute Gasteiger partial charge is 0.270 e. The first-order valence-corrected chi connectivity index (χ1v) is 8.60. The number of hydrogen-bond acceptors (Lipinski definition) is 3. The van der Waals surface area contributed by atoms with Gasteiger partial charge < -0.3 is 10.3 Å². The van der Waals surface area contributed by atoms with E-state index in [1.807, 2.05) is 49.6 Å². The number of amides is 1. The minimum absolute atomic E-state index is 0.155. The van der Waals surface area contributed by atoms with Gasteiger partial charge in [0.2, 0.25) is 0 Å². The predicted molar refractivity (Wildman–Crippen MR) is 101 cm³/mol. The van der Waals surface area contributed by atoms with Crippen LogP contribution in [-0.2, 0) is 0 Å². The van der Waals surface area contributed by atoms with E-state index >= 15 is 0 Å². The number of nitrogens with one attached hydrogen (secondary N) is 2. The molecule has 3 aromatic rings. The number of carbonyl (C=O) groups is 1. The lowest BCUT2D eigenvalue weighted by molar-refractivity contribution is 0.0944. The normalized spacial score (nSPS) is 12.5. The van der Waals surface area contributed by atoms with Crippen LogP contribution in [0, 0.1) is 0 Å². The summed E-state index contributed by atoms with van der Waals surface area (Å²) in [6.07, 6.45) is 3.45. The predicted octanol–water partition coefficient (Wildman–Crippen LogP) is 3.64. The fourth-order valence-corrected chi connectivity index (χ4v) is 2.91. The molecule has 0 saturated carbocycles. The summed E-state index contributed by atoms with van der Waals surface area (Å²) >= 11 is 5.94. The second-order valence-corrected chi connectivity index (χ2v) is 6.50. The molecule has 0 bridgehead atoms. The Morgan fingerprint density at radius 2 is 2.04 bits per heavy atom. The second kappa shape index (κ2) is 7.68. The number of benzene rings is 1. The molecule has 2 N–H and O–H groups in total. The number of aromatic nitrogens is 2. The minimum atomic E-state index is -0.155. The zero-order valence-electron chi connectivity index (χ0n) is 14.3. The molecule has 5 nitrogen and oxygen atoms in total. The Morgan fingerprint density at radius 1 is 1.28 bits per heavy atom. The Hall–Kier alpha value is -2.37. The van der Waals surface area contributed by atoms with Gasteiger partial charge in [-0.3, -0.25) is 14.7 Å². The van der Waals surface area contributed by atoms with Crippen molar-refractivity contribution in [1.82, 2.24) is 20.2 Å². The van der Waals surface area contributed by atoms with Gasteiger partial charge in [-0.2, -0.15) is 0 Å². The lowest BCUT2D eigenvalue weighted by Gasteiger charge is -2.25. The van der Waals surface area contributed by atoms with Crippen LogP contribution < -0.4 is 5.32 Å². The van der Waals surface area contributed by atoms with Crippen LogP contribution >= 0.6 is 11.6 Å². The number of rotatable bonds is 6. The van der Waals surface area contributed by atoms with E-state index in [2.05, 4.69) is 27.1 Å². The van der Waals surface area contributed by atoms with Gasteiger partial charge in [0.1, 0.15) is 5.69 Å². The van der Waals surface area contributed by atoms with Gasteiger partial charge in [-0.05, 0) is 43.8 Å². The summed E-state index contributed by atoms with van der Waals surface area (Å²) in [5.41, 5.74) is 2.55. The molecule has 1 amide bonds. The van der Waals surface area contributed by atoms with Gasteiger partial charge in [0.25, 0.3) is 5.91 Å². The number of pyridine rings is 1. The highest BCUT2D eigenvalue weighted by atomic mass is 35.5. The summed E-state index contributed by atoms with van der Waals surface area (Å²) in [7, 11) is 2.04. The minimum Gasteiger partial charge on any atom is -0.361 e. The van der Waals surface area contributed by atoms with Crippen LogP contribution in [0.3, 0.4) is 0 Å².